The molecule has 0 saturated heterocycles. The molecular formula is C18H12BrOP. The molecule has 4 rings (SSSR count). The Labute approximate surface area is 131 Å². The molecule has 3 heteroatoms. The Morgan fingerprint density at radius 2 is 1.52 bits per heavy atom. The van der Waals surface area contributed by atoms with Crippen LogP contribution in [-0.2, 0) is 4.57 Å². The van der Waals surface area contributed by atoms with E-state index in [2.05, 4.69) is 34.1 Å². The van der Waals surface area contributed by atoms with E-state index in [1.54, 1.807) is 0 Å². The number of fused-ring (bicyclic) bond motifs is 2. The van der Waals surface area contributed by atoms with Crippen molar-refractivity contribution in [3.05, 3.63) is 78.1 Å². The predicted molar refractivity (Wildman–Crippen MR) is 94.2 cm³/mol. The van der Waals surface area contributed by atoms with E-state index in [0.29, 0.717) is 0 Å². The number of halogens is 1. The molecule has 1 nitrogen and oxygen atoms in total. The first-order chi connectivity index (χ1) is 10.2. The zero-order chi connectivity index (χ0) is 14.4. The van der Waals surface area contributed by atoms with Gasteiger partial charge in [0.2, 0.25) is 0 Å². The van der Waals surface area contributed by atoms with Crippen LogP contribution in [0.1, 0.15) is 5.56 Å². The van der Waals surface area contributed by atoms with Crippen molar-refractivity contribution in [2.45, 2.75) is 0 Å². The highest BCUT2D eigenvalue weighted by molar-refractivity contribution is 9.15. The van der Waals surface area contributed by atoms with Gasteiger partial charge in [-0.05, 0) is 38.6 Å². The molecule has 0 aromatic heterocycles. The van der Waals surface area contributed by atoms with Crippen molar-refractivity contribution in [3.8, 4) is 0 Å². The van der Waals surface area contributed by atoms with Gasteiger partial charge in [-0.1, -0.05) is 60.7 Å². The highest BCUT2D eigenvalue weighted by Crippen LogP contribution is 2.54. The minimum absolute atomic E-state index is 0.892. The summed E-state index contributed by atoms with van der Waals surface area (Å²) in [7, 11) is -2.68. The van der Waals surface area contributed by atoms with E-state index < -0.39 is 7.14 Å². The Bertz CT molecular complexity index is 943. The fourth-order valence-corrected chi connectivity index (χ4v) is 6.74. The largest absolute Gasteiger partial charge is 0.309 e. The van der Waals surface area contributed by atoms with Crippen LogP contribution >= 0.6 is 23.1 Å². The minimum Gasteiger partial charge on any atom is -0.309 e. The maximum absolute atomic E-state index is 13.6. The van der Waals surface area contributed by atoms with E-state index in [1.165, 1.54) is 5.39 Å². The van der Waals surface area contributed by atoms with Gasteiger partial charge < -0.3 is 4.57 Å². The zero-order valence-electron chi connectivity index (χ0n) is 11.2. The van der Waals surface area contributed by atoms with Gasteiger partial charge in [-0.25, -0.2) is 0 Å². The van der Waals surface area contributed by atoms with E-state index in [-0.39, 0.29) is 0 Å². The molecule has 21 heavy (non-hydrogen) atoms. The molecule has 1 aliphatic heterocycles. The van der Waals surface area contributed by atoms with Gasteiger partial charge in [0.15, 0.2) is 7.14 Å². The van der Waals surface area contributed by atoms with Gasteiger partial charge in [-0.2, -0.15) is 0 Å². The summed E-state index contributed by atoms with van der Waals surface area (Å²) in [6, 6.07) is 22.2. The first-order valence-electron chi connectivity index (χ1n) is 6.76. The van der Waals surface area contributed by atoms with Gasteiger partial charge in [0.05, 0.1) is 0 Å². The molecule has 3 aromatic rings. The quantitative estimate of drug-likeness (QED) is 0.570. The SMILES string of the molecule is O=P1(c2ccc3ccccc3c2)C=C(Br)c2ccccc21. The molecule has 0 spiro atoms. The Morgan fingerprint density at radius 1 is 0.810 bits per heavy atom. The van der Waals surface area contributed by atoms with Crippen molar-refractivity contribution in [2.75, 3.05) is 0 Å². The summed E-state index contributed by atoms with van der Waals surface area (Å²) in [5, 5.41) is 4.11. The first kappa shape index (κ1) is 13.1. The van der Waals surface area contributed by atoms with Crippen LogP contribution in [0, 0.1) is 0 Å². The third kappa shape index (κ3) is 1.94. The maximum Gasteiger partial charge on any atom is 0.165 e. The van der Waals surface area contributed by atoms with Crippen LogP contribution in [0.2, 0.25) is 0 Å². The lowest BCUT2D eigenvalue weighted by Gasteiger charge is -2.13. The molecule has 0 N–H and O–H groups in total. The highest BCUT2D eigenvalue weighted by Gasteiger charge is 2.33. The molecule has 0 saturated carbocycles. The maximum atomic E-state index is 13.6. The molecule has 0 amide bonds. The normalized spacial score (nSPS) is 20.3. The van der Waals surface area contributed by atoms with Crippen molar-refractivity contribution in [1.29, 1.82) is 0 Å². The molecular weight excluding hydrogens is 343 g/mol. The van der Waals surface area contributed by atoms with Crippen molar-refractivity contribution in [3.63, 3.8) is 0 Å². The molecule has 1 unspecified atom stereocenters. The zero-order valence-corrected chi connectivity index (χ0v) is 13.6. The van der Waals surface area contributed by atoms with E-state index in [0.717, 1.165) is 26.0 Å². The second-order valence-electron chi connectivity index (χ2n) is 5.18. The van der Waals surface area contributed by atoms with Crippen LogP contribution in [0.4, 0.5) is 0 Å². The van der Waals surface area contributed by atoms with E-state index in [4.69, 9.17) is 0 Å². The average molecular weight is 355 g/mol. The molecule has 0 aliphatic carbocycles. The summed E-state index contributed by atoms with van der Waals surface area (Å²) in [5.74, 6) is 1.88. The van der Waals surface area contributed by atoms with Crippen molar-refractivity contribution in [1.82, 2.24) is 0 Å². The van der Waals surface area contributed by atoms with E-state index >= 15 is 0 Å². The van der Waals surface area contributed by atoms with Crippen molar-refractivity contribution in [2.24, 2.45) is 0 Å². The number of benzene rings is 3. The summed E-state index contributed by atoms with van der Waals surface area (Å²) in [4.78, 5) is 0. The summed E-state index contributed by atoms with van der Waals surface area (Å²) in [5.41, 5.74) is 1.04. The Hall–Kier alpha value is -1.63. The highest BCUT2D eigenvalue weighted by atomic mass is 79.9. The second-order valence-corrected chi connectivity index (χ2v) is 8.61. The molecule has 1 heterocycles. The molecule has 3 aromatic carbocycles. The lowest BCUT2D eigenvalue weighted by Crippen LogP contribution is -2.13. The lowest BCUT2D eigenvalue weighted by molar-refractivity contribution is 0.592. The predicted octanol–water partition coefficient (Wildman–Crippen LogP) is 4.86. The standard InChI is InChI=1S/C18H12BrOP/c19-17-12-21(20,18-8-4-3-7-16(17)18)15-10-9-13-5-1-2-6-14(13)11-15/h1-12H. The van der Waals surface area contributed by atoms with Gasteiger partial charge >= 0.3 is 0 Å². The topological polar surface area (TPSA) is 17.1 Å². The summed E-state index contributed by atoms with van der Waals surface area (Å²) < 4.78 is 14.5. The Kier molecular flexibility index (Phi) is 2.92. The molecule has 1 atom stereocenters. The van der Waals surface area contributed by atoms with Crippen LogP contribution in [-0.4, -0.2) is 0 Å². The van der Waals surface area contributed by atoms with E-state index in [9.17, 15) is 4.57 Å². The van der Waals surface area contributed by atoms with Gasteiger partial charge in [-0.15, -0.1) is 0 Å². The summed E-state index contributed by atoms with van der Waals surface area (Å²) in [6.07, 6.45) is 0. The summed E-state index contributed by atoms with van der Waals surface area (Å²) in [6.45, 7) is 0. The monoisotopic (exact) mass is 354 g/mol. The molecule has 0 radical (unpaired) electrons. The molecule has 1 aliphatic rings. The molecule has 0 fully saturated rings. The van der Waals surface area contributed by atoms with Gasteiger partial charge in [0, 0.05) is 20.7 Å². The van der Waals surface area contributed by atoms with Crippen LogP contribution in [0.25, 0.3) is 15.3 Å². The van der Waals surface area contributed by atoms with Crippen LogP contribution < -0.4 is 10.6 Å². The number of hydrogen-bond acceptors (Lipinski definition) is 1. The second kappa shape index (κ2) is 4.69. The Morgan fingerprint density at radius 3 is 2.38 bits per heavy atom. The van der Waals surface area contributed by atoms with Gasteiger partial charge in [0.1, 0.15) is 0 Å². The van der Waals surface area contributed by atoms with Crippen LogP contribution in [0.5, 0.6) is 0 Å². The third-order valence-corrected chi connectivity index (χ3v) is 7.71. The molecule has 102 valence electrons. The number of rotatable bonds is 1. The van der Waals surface area contributed by atoms with Crippen LogP contribution in [0.3, 0.4) is 0 Å². The first-order valence-corrected chi connectivity index (χ1v) is 9.33. The van der Waals surface area contributed by atoms with Gasteiger partial charge in [-0.3, -0.25) is 0 Å². The number of hydrogen-bond donors (Lipinski definition) is 0. The van der Waals surface area contributed by atoms with E-state index in [1.807, 2.05) is 54.3 Å². The van der Waals surface area contributed by atoms with Crippen molar-refractivity contribution >= 4 is 48.9 Å². The minimum atomic E-state index is -2.68. The Balaban J connectivity index is 1.98. The van der Waals surface area contributed by atoms with Crippen molar-refractivity contribution < 1.29 is 4.57 Å². The van der Waals surface area contributed by atoms with Gasteiger partial charge in [0.25, 0.3) is 0 Å². The fourth-order valence-electron chi connectivity index (χ4n) is 2.86. The smallest absolute Gasteiger partial charge is 0.165 e. The fraction of sp³-hybridized carbons (Fsp3) is 0. The van der Waals surface area contributed by atoms with Crippen LogP contribution in [0.15, 0.2) is 72.5 Å². The molecule has 0 bridgehead atoms. The lowest BCUT2D eigenvalue weighted by atomic mass is 10.1. The third-order valence-electron chi connectivity index (χ3n) is 3.93. The summed E-state index contributed by atoms with van der Waals surface area (Å²) >= 11 is 3.55. The average Bonchev–Trinajstić information content (AvgIpc) is 2.80.